The highest BCUT2D eigenvalue weighted by Gasteiger charge is 2.28. The number of carbonyl (C=O) groups excluding carboxylic acids is 1. The van der Waals surface area contributed by atoms with Crippen molar-refractivity contribution in [3.05, 3.63) is 58.1 Å². The van der Waals surface area contributed by atoms with Crippen LogP contribution >= 0.6 is 0 Å². The van der Waals surface area contributed by atoms with Crippen molar-refractivity contribution in [1.29, 1.82) is 0 Å². The molecule has 1 aromatic carbocycles. The topological polar surface area (TPSA) is 111 Å². The van der Waals surface area contributed by atoms with Gasteiger partial charge in [-0.1, -0.05) is 0 Å². The largest absolute Gasteiger partial charge is 0.497 e. The van der Waals surface area contributed by atoms with E-state index < -0.39 is 0 Å². The van der Waals surface area contributed by atoms with Gasteiger partial charge in [0.1, 0.15) is 17.3 Å². The number of hydrogen-bond donors (Lipinski definition) is 2. The maximum absolute atomic E-state index is 12.4. The number of amides is 1. The molecule has 29 heavy (non-hydrogen) atoms. The molecule has 0 unspecified atom stereocenters. The molecule has 0 saturated heterocycles. The molecule has 9 heteroatoms. The first kappa shape index (κ1) is 18.7. The van der Waals surface area contributed by atoms with Crippen LogP contribution in [0.2, 0.25) is 0 Å². The highest BCUT2D eigenvalue weighted by molar-refractivity contribution is 5.91. The van der Waals surface area contributed by atoms with Gasteiger partial charge in [0.25, 0.3) is 11.5 Å². The van der Waals surface area contributed by atoms with Crippen molar-refractivity contribution in [2.24, 2.45) is 0 Å². The number of nitrogens with one attached hydrogen (secondary N) is 2. The molecule has 0 aliphatic heterocycles. The summed E-state index contributed by atoms with van der Waals surface area (Å²) in [5.74, 6) is 1.98. The number of H-pyrrole nitrogens is 1. The second-order valence-corrected chi connectivity index (χ2v) is 6.86. The van der Waals surface area contributed by atoms with E-state index in [1.807, 2.05) is 6.07 Å². The summed E-state index contributed by atoms with van der Waals surface area (Å²) >= 11 is 0. The van der Waals surface area contributed by atoms with Crippen molar-refractivity contribution in [2.75, 3.05) is 19.0 Å². The van der Waals surface area contributed by atoms with Crippen LogP contribution in [0.15, 0.2) is 41.2 Å². The molecule has 2 N–H and O–H groups in total. The van der Waals surface area contributed by atoms with Crippen LogP contribution in [-0.2, 0) is 4.79 Å². The second-order valence-electron chi connectivity index (χ2n) is 6.86. The fraction of sp³-hybridized carbons (Fsp3) is 0.300. The summed E-state index contributed by atoms with van der Waals surface area (Å²) in [5, 5.41) is 7.32. The fourth-order valence-electron chi connectivity index (χ4n) is 2.89. The predicted octanol–water partition coefficient (Wildman–Crippen LogP) is 2.17. The summed E-state index contributed by atoms with van der Waals surface area (Å²) in [6, 6.07) is 10.2. The van der Waals surface area contributed by atoms with Gasteiger partial charge in [-0.3, -0.25) is 14.6 Å². The number of aromatic amines is 1. The maximum Gasteiger partial charge on any atom is 0.263 e. The average molecular weight is 395 g/mol. The van der Waals surface area contributed by atoms with Gasteiger partial charge in [-0.05, 0) is 44.0 Å². The third-order valence-electron chi connectivity index (χ3n) is 4.48. The van der Waals surface area contributed by atoms with E-state index in [1.165, 1.54) is 10.7 Å². The van der Waals surface area contributed by atoms with Gasteiger partial charge in [0, 0.05) is 23.7 Å². The molecule has 3 aromatic rings. The predicted molar refractivity (Wildman–Crippen MR) is 106 cm³/mol. The van der Waals surface area contributed by atoms with Crippen LogP contribution < -0.4 is 20.3 Å². The molecule has 2 heterocycles. The van der Waals surface area contributed by atoms with E-state index in [0.717, 1.165) is 18.5 Å². The minimum atomic E-state index is -0.348. The fourth-order valence-corrected chi connectivity index (χ4v) is 2.89. The molecule has 9 nitrogen and oxygen atoms in total. The molecule has 1 saturated carbocycles. The zero-order chi connectivity index (χ0) is 20.4. The van der Waals surface area contributed by atoms with Crippen molar-refractivity contribution in [2.45, 2.75) is 25.7 Å². The Balaban J connectivity index is 1.51. The van der Waals surface area contributed by atoms with Crippen molar-refractivity contribution in [1.82, 2.24) is 19.7 Å². The van der Waals surface area contributed by atoms with Crippen molar-refractivity contribution >= 4 is 11.7 Å². The molecule has 1 amide bonds. The molecule has 4 rings (SSSR count). The van der Waals surface area contributed by atoms with E-state index in [4.69, 9.17) is 9.47 Å². The normalized spacial score (nSPS) is 13.2. The molecule has 0 spiro atoms. The number of benzene rings is 1. The van der Waals surface area contributed by atoms with Gasteiger partial charge in [-0.2, -0.15) is 9.78 Å². The Hall–Kier alpha value is -3.62. The number of nitrogens with zero attached hydrogens (tertiary/aromatic N) is 3. The molecular formula is C20H21N5O4. The van der Waals surface area contributed by atoms with Crippen LogP contribution in [0.25, 0.3) is 5.95 Å². The first-order valence-electron chi connectivity index (χ1n) is 9.27. The van der Waals surface area contributed by atoms with Crippen LogP contribution in [0.1, 0.15) is 30.1 Å². The van der Waals surface area contributed by atoms with E-state index >= 15 is 0 Å². The minimum absolute atomic E-state index is 0.173. The number of methoxy groups -OCH3 is 1. The number of hydrogen-bond acceptors (Lipinski definition) is 6. The van der Waals surface area contributed by atoms with Crippen LogP contribution in [0.5, 0.6) is 11.5 Å². The molecule has 1 fully saturated rings. The van der Waals surface area contributed by atoms with Gasteiger partial charge in [0.15, 0.2) is 6.61 Å². The lowest BCUT2D eigenvalue weighted by Gasteiger charge is -2.09. The van der Waals surface area contributed by atoms with Crippen molar-refractivity contribution in [3.8, 4) is 17.4 Å². The van der Waals surface area contributed by atoms with Gasteiger partial charge >= 0.3 is 0 Å². The summed E-state index contributed by atoms with van der Waals surface area (Å²) in [4.78, 5) is 31.2. The third kappa shape index (κ3) is 4.45. The lowest BCUT2D eigenvalue weighted by atomic mass is 10.3. The molecule has 2 aromatic heterocycles. The van der Waals surface area contributed by atoms with Gasteiger partial charge in [-0.15, -0.1) is 0 Å². The smallest absolute Gasteiger partial charge is 0.263 e. The van der Waals surface area contributed by atoms with E-state index in [-0.39, 0.29) is 24.0 Å². The number of carbonyl (C=O) groups is 1. The lowest BCUT2D eigenvalue weighted by Crippen LogP contribution is -2.23. The summed E-state index contributed by atoms with van der Waals surface area (Å²) in [6.45, 7) is 1.55. The Bertz CT molecular complexity index is 1080. The van der Waals surface area contributed by atoms with E-state index in [2.05, 4.69) is 20.4 Å². The van der Waals surface area contributed by atoms with Gasteiger partial charge in [0.05, 0.1) is 12.8 Å². The second kappa shape index (κ2) is 7.78. The van der Waals surface area contributed by atoms with Crippen molar-refractivity contribution < 1.29 is 14.3 Å². The number of aromatic nitrogens is 4. The molecule has 0 radical (unpaired) electrons. The SMILES string of the molecule is COc1ccc(OCC(=O)Nc2cc(C3CC3)nn2-c2nc(C)cc(=O)[nH]2)cc1. The minimum Gasteiger partial charge on any atom is -0.497 e. The van der Waals surface area contributed by atoms with Crippen LogP contribution in [-0.4, -0.2) is 39.4 Å². The Labute approximate surface area is 166 Å². The standard InChI is InChI=1S/C20H21N5O4/c1-12-9-18(26)23-20(21-12)25-17(10-16(24-25)13-3-4-13)22-19(27)11-29-15-7-5-14(28-2)6-8-15/h5-10,13H,3-4,11H2,1-2H3,(H,22,27)(H,21,23,26). The number of rotatable bonds is 7. The third-order valence-corrected chi connectivity index (χ3v) is 4.48. The number of anilines is 1. The number of ether oxygens (including phenoxy) is 2. The van der Waals surface area contributed by atoms with E-state index in [0.29, 0.717) is 28.9 Å². The van der Waals surface area contributed by atoms with E-state index in [1.54, 1.807) is 38.3 Å². The Morgan fingerprint density at radius 3 is 2.62 bits per heavy atom. The van der Waals surface area contributed by atoms with Crippen molar-refractivity contribution in [3.63, 3.8) is 0 Å². The summed E-state index contributed by atoms with van der Waals surface area (Å²) in [6.07, 6.45) is 2.12. The first-order valence-corrected chi connectivity index (χ1v) is 9.27. The molecular weight excluding hydrogens is 374 g/mol. The van der Waals surface area contributed by atoms with Gasteiger partial charge < -0.3 is 14.8 Å². The molecule has 150 valence electrons. The Kier molecular flexibility index (Phi) is 5.03. The van der Waals surface area contributed by atoms with Crippen LogP contribution in [0.3, 0.4) is 0 Å². The van der Waals surface area contributed by atoms with Crippen LogP contribution in [0.4, 0.5) is 5.82 Å². The molecule has 1 aliphatic rings. The maximum atomic E-state index is 12.4. The molecule has 0 atom stereocenters. The zero-order valence-electron chi connectivity index (χ0n) is 16.1. The lowest BCUT2D eigenvalue weighted by molar-refractivity contribution is -0.118. The molecule has 0 bridgehead atoms. The highest BCUT2D eigenvalue weighted by Crippen LogP contribution is 2.40. The average Bonchev–Trinajstić information content (AvgIpc) is 3.47. The summed E-state index contributed by atoms with van der Waals surface area (Å²) < 4.78 is 12.1. The Morgan fingerprint density at radius 2 is 1.97 bits per heavy atom. The van der Waals surface area contributed by atoms with Crippen LogP contribution in [0, 0.1) is 6.92 Å². The number of aryl methyl sites for hydroxylation is 1. The summed E-state index contributed by atoms with van der Waals surface area (Å²) in [5.41, 5.74) is 1.14. The zero-order valence-corrected chi connectivity index (χ0v) is 16.1. The highest BCUT2D eigenvalue weighted by atomic mass is 16.5. The van der Waals surface area contributed by atoms with Gasteiger partial charge in [-0.25, -0.2) is 4.98 Å². The monoisotopic (exact) mass is 395 g/mol. The molecule has 1 aliphatic carbocycles. The summed E-state index contributed by atoms with van der Waals surface area (Å²) in [7, 11) is 1.58. The quantitative estimate of drug-likeness (QED) is 0.634. The van der Waals surface area contributed by atoms with Gasteiger partial charge in [0.2, 0.25) is 5.95 Å². The Morgan fingerprint density at radius 1 is 1.24 bits per heavy atom. The van der Waals surface area contributed by atoms with E-state index in [9.17, 15) is 9.59 Å². The first-order chi connectivity index (χ1) is 14.0.